The van der Waals surface area contributed by atoms with Gasteiger partial charge in [-0.1, -0.05) is 84.9 Å². The van der Waals surface area contributed by atoms with Gasteiger partial charge in [0.25, 0.3) is 0 Å². The molecule has 4 N–H and O–H groups in total. The second kappa shape index (κ2) is 14.7. The van der Waals surface area contributed by atoms with Crippen molar-refractivity contribution >= 4 is 19.0 Å². The van der Waals surface area contributed by atoms with Gasteiger partial charge in [0.1, 0.15) is 30.3 Å². The van der Waals surface area contributed by atoms with E-state index in [1.807, 2.05) is 115 Å². The molecular weight excluding hydrogens is 502 g/mol. The van der Waals surface area contributed by atoms with Crippen molar-refractivity contribution < 1.29 is 49.1 Å². The van der Waals surface area contributed by atoms with E-state index in [0.29, 0.717) is 12.3 Å². The second-order valence-corrected chi connectivity index (χ2v) is 9.69. The summed E-state index contributed by atoms with van der Waals surface area (Å²) < 4.78 is 26.7. The summed E-state index contributed by atoms with van der Waals surface area (Å²) in [6.07, 6.45) is 0. The second-order valence-electron chi connectivity index (χ2n) is 7.61. The maximum Gasteiger partial charge on any atom is 0.441 e. The monoisotopic (exact) mass is 530 g/mol. The van der Waals surface area contributed by atoms with Gasteiger partial charge in [-0.25, -0.2) is 4.57 Å². The highest BCUT2D eigenvalue weighted by molar-refractivity contribution is 7.54. The topological polar surface area (TPSA) is 68.8 Å². The molecule has 0 heterocycles. The molecule has 4 rings (SSSR count). The number of rotatable bonds is 11. The van der Waals surface area contributed by atoms with Crippen LogP contribution in [0.2, 0.25) is 0 Å². The zero-order valence-electron chi connectivity index (χ0n) is 19.1. The first-order valence-corrected chi connectivity index (χ1v) is 12.7. The lowest BCUT2D eigenvalue weighted by Gasteiger charge is -2.25. The van der Waals surface area contributed by atoms with Crippen LogP contribution in [0.5, 0.6) is 5.75 Å². The Balaban J connectivity index is 0.00000216. The standard InChI is InChI=1S/C27H27N2O3P.2ClH/c30-33(32-26-19-11-4-12-20-26,31-22-21-28-24-15-7-2-8-16-24)27(23-13-5-1-6-14-23)29-25-17-9-3-10-18-25;;/h1-20,27-29H,21-22H2;2*1H. The zero-order chi connectivity index (χ0) is 22.8. The van der Waals surface area contributed by atoms with Crippen molar-refractivity contribution in [1.82, 2.24) is 0 Å². The van der Waals surface area contributed by atoms with Crippen LogP contribution >= 0.6 is 7.60 Å². The fourth-order valence-electron chi connectivity index (χ4n) is 3.55. The molecule has 0 aliphatic carbocycles. The van der Waals surface area contributed by atoms with Gasteiger partial charge in [0.15, 0.2) is 0 Å². The normalized spacial score (nSPS) is 12.9. The van der Waals surface area contributed by atoms with E-state index in [-0.39, 0.29) is 31.4 Å². The van der Waals surface area contributed by atoms with Crippen molar-refractivity contribution in [3.8, 4) is 5.75 Å². The summed E-state index contributed by atoms with van der Waals surface area (Å²) in [6, 6.07) is 38.9. The van der Waals surface area contributed by atoms with Crippen LogP contribution in [0, 0.1) is 0 Å². The van der Waals surface area contributed by atoms with E-state index >= 15 is 0 Å². The number of nitrogens with two attached hydrogens (primary N) is 2. The molecule has 4 aromatic carbocycles. The Morgan fingerprint density at radius 1 is 0.657 bits per heavy atom. The van der Waals surface area contributed by atoms with Crippen molar-refractivity contribution in [3.63, 3.8) is 0 Å². The summed E-state index contributed by atoms with van der Waals surface area (Å²) in [7, 11) is -3.64. The maximum absolute atomic E-state index is 14.4. The molecule has 35 heavy (non-hydrogen) atoms. The van der Waals surface area contributed by atoms with Gasteiger partial charge >= 0.3 is 7.60 Å². The molecule has 4 aromatic rings. The fourth-order valence-corrected chi connectivity index (χ4v) is 5.55. The number of benzene rings is 4. The largest absolute Gasteiger partial charge is 1.00 e. The Labute approximate surface area is 219 Å². The highest BCUT2D eigenvalue weighted by Gasteiger charge is 2.43. The van der Waals surface area contributed by atoms with Crippen LogP contribution in [0.4, 0.5) is 11.4 Å². The lowest BCUT2D eigenvalue weighted by Crippen LogP contribution is -3.00. The number of quaternary nitrogens is 2. The first kappa shape index (κ1) is 28.6. The van der Waals surface area contributed by atoms with Crippen LogP contribution in [-0.2, 0) is 9.09 Å². The minimum Gasteiger partial charge on any atom is -1.00 e. The van der Waals surface area contributed by atoms with E-state index in [0.717, 1.165) is 16.9 Å². The average molecular weight is 531 g/mol. The highest BCUT2D eigenvalue weighted by atomic mass is 35.5. The van der Waals surface area contributed by atoms with Crippen LogP contribution in [0.15, 0.2) is 121 Å². The molecule has 0 spiro atoms. The van der Waals surface area contributed by atoms with Gasteiger partial charge in [0.05, 0.1) is 0 Å². The van der Waals surface area contributed by atoms with Crippen molar-refractivity contribution in [3.05, 3.63) is 127 Å². The van der Waals surface area contributed by atoms with Crippen LogP contribution in [-0.4, -0.2) is 13.2 Å². The van der Waals surface area contributed by atoms with Crippen LogP contribution in [0.25, 0.3) is 0 Å². The van der Waals surface area contributed by atoms with Crippen LogP contribution in [0.3, 0.4) is 0 Å². The third-order valence-electron chi connectivity index (χ3n) is 5.18. The quantitative estimate of drug-likeness (QED) is 0.145. The summed E-state index contributed by atoms with van der Waals surface area (Å²) >= 11 is 0. The Bertz CT molecular complexity index is 1150. The molecule has 5 nitrogen and oxygen atoms in total. The van der Waals surface area contributed by atoms with E-state index in [1.165, 1.54) is 0 Å². The lowest BCUT2D eigenvalue weighted by molar-refractivity contribution is -0.597. The Morgan fingerprint density at radius 2 is 1.14 bits per heavy atom. The predicted octanol–water partition coefficient (Wildman–Crippen LogP) is -1.23. The Kier molecular flexibility index (Phi) is 12.0. The zero-order valence-corrected chi connectivity index (χ0v) is 21.5. The van der Waals surface area contributed by atoms with Gasteiger partial charge in [-0.3, -0.25) is 9.84 Å². The number of hydrogen-bond acceptors (Lipinski definition) is 3. The molecule has 0 saturated heterocycles. The summed E-state index contributed by atoms with van der Waals surface area (Å²) in [5, 5.41) is 4.05. The molecule has 2 unspecified atom stereocenters. The van der Waals surface area contributed by atoms with Gasteiger partial charge in [0.2, 0.25) is 5.78 Å². The molecule has 0 aromatic heterocycles. The predicted molar refractivity (Wildman–Crippen MR) is 131 cm³/mol. The molecule has 0 bridgehead atoms. The fraction of sp³-hybridized carbons (Fsp3) is 0.111. The van der Waals surface area contributed by atoms with Crippen molar-refractivity contribution in [1.29, 1.82) is 0 Å². The first-order valence-electron chi connectivity index (χ1n) is 11.0. The van der Waals surface area contributed by atoms with Crippen LogP contribution < -0.4 is 40.0 Å². The van der Waals surface area contributed by atoms with Crippen molar-refractivity contribution in [2.24, 2.45) is 0 Å². The highest BCUT2D eigenvalue weighted by Crippen LogP contribution is 2.57. The molecule has 0 fully saturated rings. The minimum absolute atomic E-state index is 0. The van der Waals surface area contributed by atoms with E-state index in [9.17, 15) is 4.57 Å². The molecule has 0 saturated carbocycles. The van der Waals surface area contributed by atoms with Crippen LogP contribution in [0.1, 0.15) is 11.3 Å². The molecule has 0 radical (unpaired) electrons. The van der Waals surface area contributed by atoms with Gasteiger partial charge in [0, 0.05) is 5.56 Å². The van der Waals surface area contributed by atoms with Crippen molar-refractivity contribution in [2.45, 2.75) is 5.78 Å². The van der Waals surface area contributed by atoms with E-state index in [4.69, 9.17) is 9.05 Å². The molecule has 184 valence electrons. The molecule has 0 aliphatic rings. The van der Waals surface area contributed by atoms with Crippen molar-refractivity contribution in [2.75, 3.05) is 13.2 Å². The Morgan fingerprint density at radius 3 is 1.71 bits per heavy atom. The maximum atomic E-state index is 14.4. The molecule has 0 aliphatic heterocycles. The minimum atomic E-state index is -3.64. The third kappa shape index (κ3) is 8.52. The van der Waals surface area contributed by atoms with Gasteiger partial charge in [-0.2, -0.15) is 0 Å². The summed E-state index contributed by atoms with van der Waals surface area (Å²) in [5.41, 5.74) is 2.95. The van der Waals surface area contributed by atoms with E-state index in [1.54, 1.807) is 12.1 Å². The molecule has 2 atom stereocenters. The molecule has 0 amide bonds. The summed E-state index contributed by atoms with van der Waals surface area (Å²) in [4.78, 5) is 0. The van der Waals surface area contributed by atoms with E-state index in [2.05, 4.69) is 5.32 Å². The summed E-state index contributed by atoms with van der Waals surface area (Å²) in [5.74, 6) is -0.0340. The SMILES string of the molecule is O=P(OCC[NH2+]c1ccccc1)(Oc1ccccc1)C([NH2+]c1ccccc1)c1ccccc1.[Cl-].[Cl-]. The third-order valence-corrected chi connectivity index (χ3v) is 7.31. The smallest absolute Gasteiger partial charge is 0.441 e. The average Bonchev–Trinajstić information content (AvgIpc) is 2.87. The van der Waals surface area contributed by atoms with Gasteiger partial charge in [-0.05, 0) is 36.4 Å². The number of hydrogen-bond donors (Lipinski definition) is 2. The van der Waals surface area contributed by atoms with Gasteiger partial charge < -0.3 is 34.7 Å². The number of halogens is 2. The lowest BCUT2D eigenvalue weighted by atomic mass is 10.2. The number of para-hydroxylation sites is 3. The van der Waals surface area contributed by atoms with E-state index < -0.39 is 13.4 Å². The molecular formula is C27H29Cl2N2O3P. The molecule has 8 heteroatoms. The first-order chi connectivity index (χ1) is 16.2. The summed E-state index contributed by atoms with van der Waals surface area (Å²) in [6.45, 7) is 0.907. The Hall–Kier alpha value is -2.63. The van der Waals surface area contributed by atoms with Gasteiger partial charge in [-0.15, -0.1) is 0 Å².